The van der Waals surface area contributed by atoms with E-state index in [1.165, 1.54) is 0 Å². The van der Waals surface area contributed by atoms with Crippen LogP contribution in [-0.4, -0.2) is 14.1 Å². The highest BCUT2D eigenvalue weighted by Gasteiger charge is 2.25. The van der Waals surface area contributed by atoms with Crippen molar-refractivity contribution < 1.29 is 4.42 Å². The molecule has 2 heterocycles. The van der Waals surface area contributed by atoms with Crippen LogP contribution >= 0.6 is 0 Å². The number of imidazole rings is 1. The summed E-state index contributed by atoms with van der Waals surface area (Å²) in [7, 11) is 0. The average Bonchev–Trinajstić information content (AvgIpc) is 3.08. The highest BCUT2D eigenvalue weighted by Crippen LogP contribution is 2.33. The van der Waals surface area contributed by atoms with Crippen LogP contribution in [0.2, 0.25) is 0 Å². The summed E-state index contributed by atoms with van der Waals surface area (Å²) >= 11 is 0. The zero-order valence-corrected chi connectivity index (χ0v) is 10.8. The molecule has 0 bridgehead atoms. The maximum absolute atomic E-state index is 12.2. The lowest BCUT2D eigenvalue weighted by Crippen LogP contribution is -2.23. The number of aromatic nitrogens is 3. The van der Waals surface area contributed by atoms with Gasteiger partial charge in [0.05, 0.1) is 5.69 Å². The molecule has 20 heavy (non-hydrogen) atoms. The first-order chi connectivity index (χ1) is 9.72. The van der Waals surface area contributed by atoms with Crippen LogP contribution in [0, 0.1) is 0 Å². The minimum Gasteiger partial charge on any atom is -0.439 e. The summed E-state index contributed by atoms with van der Waals surface area (Å²) in [4.78, 5) is 16.5. The lowest BCUT2D eigenvalue weighted by atomic mass is 10.3. The fraction of sp³-hybridized carbons (Fsp3) is 0.286. The Morgan fingerprint density at radius 3 is 2.95 bits per heavy atom. The fourth-order valence-electron chi connectivity index (χ4n) is 2.41. The van der Waals surface area contributed by atoms with Gasteiger partial charge in [-0.1, -0.05) is 6.07 Å². The summed E-state index contributed by atoms with van der Waals surface area (Å²) in [5.74, 6) is 0.494. The van der Waals surface area contributed by atoms with Gasteiger partial charge in [-0.15, -0.1) is 0 Å². The number of hydrogen-bond acceptors (Lipinski definition) is 4. The summed E-state index contributed by atoms with van der Waals surface area (Å²) in [5, 5.41) is 0. The third kappa shape index (κ3) is 1.72. The van der Waals surface area contributed by atoms with Gasteiger partial charge in [-0.2, -0.15) is 0 Å². The van der Waals surface area contributed by atoms with E-state index in [2.05, 4.69) is 4.98 Å². The third-order valence-electron chi connectivity index (χ3n) is 3.61. The van der Waals surface area contributed by atoms with Crippen LogP contribution in [0.4, 0.5) is 5.69 Å². The monoisotopic (exact) mass is 270 g/mol. The van der Waals surface area contributed by atoms with Crippen LogP contribution < -0.4 is 11.4 Å². The molecule has 0 aliphatic heterocycles. The van der Waals surface area contributed by atoms with Crippen molar-refractivity contribution in [3.8, 4) is 0 Å². The van der Waals surface area contributed by atoms with Crippen LogP contribution in [0.1, 0.15) is 24.8 Å². The maximum atomic E-state index is 12.2. The zero-order chi connectivity index (χ0) is 13.7. The van der Waals surface area contributed by atoms with Gasteiger partial charge in [0.15, 0.2) is 5.58 Å². The predicted molar refractivity (Wildman–Crippen MR) is 74.5 cm³/mol. The number of hydrogen-bond donors (Lipinski definition) is 1. The van der Waals surface area contributed by atoms with Crippen LogP contribution in [-0.2, 0) is 6.54 Å². The van der Waals surface area contributed by atoms with Crippen molar-refractivity contribution in [2.24, 2.45) is 0 Å². The van der Waals surface area contributed by atoms with Crippen molar-refractivity contribution >= 4 is 16.8 Å². The molecule has 0 atom stereocenters. The van der Waals surface area contributed by atoms with E-state index in [1.807, 2.05) is 18.3 Å². The van der Waals surface area contributed by atoms with Gasteiger partial charge in [-0.25, -0.2) is 9.78 Å². The van der Waals surface area contributed by atoms with Crippen LogP contribution in [0.3, 0.4) is 0 Å². The maximum Gasteiger partial charge on any atom is 0.328 e. The average molecular weight is 270 g/mol. The molecule has 1 aliphatic rings. The first kappa shape index (κ1) is 11.3. The Labute approximate surface area is 114 Å². The Morgan fingerprint density at radius 2 is 2.20 bits per heavy atom. The molecule has 6 heteroatoms. The first-order valence-electron chi connectivity index (χ1n) is 6.63. The first-order valence-corrected chi connectivity index (χ1v) is 6.63. The Kier molecular flexibility index (Phi) is 2.26. The molecule has 0 saturated heterocycles. The largest absolute Gasteiger partial charge is 0.439 e. The van der Waals surface area contributed by atoms with Crippen molar-refractivity contribution in [2.75, 3.05) is 5.73 Å². The molecule has 4 rings (SSSR count). The van der Waals surface area contributed by atoms with Crippen LogP contribution in [0.5, 0.6) is 0 Å². The van der Waals surface area contributed by atoms with Crippen molar-refractivity contribution in [3.63, 3.8) is 0 Å². The highest BCUT2D eigenvalue weighted by molar-refractivity contribution is 5.85. The number of anilines is 1. The Bertz CT molecular complexity index is 838. The van der Waals surface area contributed by atoms with E-state index in [9.17, 15) is 4.79 Å². The molecule has 2 aromatic heterocycles. The molecule has 2 N–H and O–H groups in total. The number of fused-ring (bicyclic) bond motifs is 1. The quantitative estimate of drug-likeness (QED) is 0.735. The molecule has 1 fully saturated rings. The molecule has 102 valence electrons. The second kappa shape index (κ2) is 4.00. The zero-order valence-electron chi connectivity index (χ0n) is 10.8. The van der Waals surface area contributed by atoms with E-state index < -0.39 is 0 Å². The van der Waals surface area contributed by atoms with Crippen molar-refractivity contribution in [3.05, 3.63) is 47.0 Å². The van der Waals surface area contributed by atoms with Gasteiger partial charge in [0.1, 0.15) is 12.1 Å². The van der Waals surface area contributed by atoms with Gasteiger partial charge in [0, 0.05) is 18.4 Å². The second-order valence-corrected chi connectivity index (χ2v) is 5.15. The van der Waals surface area contributed by atoms with E-state index in [-0.39, 0.29) is 5.69 Å². The number of nitrogens with zero attached hydrogens (tertiary/aromatic N) is 3. The number of rotatable bonds is 3. The Hall–Kier alpha value is -2.50. The number of para-hydroxylation sites is 1. The fourth-order valence-corrected chi connectivity index (χ4v) is 2.41. The molecular formula is C14H14N4O2. The van der Waals surface area contributed by atoms with Crippen molar-refractivity contribution in [1.29, 1.82) is 0 Å². The highest BCUT2D eigenvalue weighted by atomic mass is 16.3. The summed E-state index contributed by atoms with van der Waals surface area (Å²) in [6.07, 6.45) is 5.78. The van der Waals surface area contributed by atoms with E-state index in [0.29, 0.717) is 35.3 Å². The standard InChI is InChI=1S/C14H14N4O2/c15-10-2-1-3-11-13(10)16-12(20-11)8-17-6-7-18(14(17)19)9-4-5-9/h1-3,6-7,9H,4-5,8,15H2. The van der Waals surface area contributed by atoms with Crippen LogP contribution in [0.25, 0.3) is 11.1 Å². The van der Waals surface area contributed by atoms with Gasteiger partial charge in [-0.05, 0) is 25.0 Å². The minimum absolute atomic E-state index is 0.0114. The smallest absolute Gasteiger partial charge is 0.328 e. The number of oxazole rings is 1. The Balaban J connectivity index is 1.70. The van der Waals surface area contributed by atoms with Gasteiger partial charge in [0.25, 0.3) is 0 Å². The van der Waals surface area contributed by atoms with E-state index >= 15 is 0 Å². The molecule has 3 aromatic rings. The van der Waals surface area contributed by atoms with E-state index in [4.69, 9.17) is 10.2 Å². The molecule has 6 nitrogen and oxygen atoms in total. The minimum atomic E-state index is -0.0114. The van der Waals surface area contributed by atoms with Crippen molar-refractivity contribution in [1.82, 2.24) is 14.1 Å². The molecule has 1 aliphatic carbocycles. The number of nitrogens with two attached hydrogens (primary N) is 1. The lowest BCUT2D eigenvalue weighted by Gasteiger charge is -1.97. The molecular weight excluding hydrogens is 256 g/mol. The summed E-state index contributed by atoms with van der Waals surface area (Å²) in [6, 6.07) is 5.80. The number of benzene rings is 1. The lowest BCUT2D eigenvalue weighted by molar-refractivity contribution is 0.500. The third-order valence-corrected chi connectivity index (χ3v) is 3.61. The summed E-state index contributed by atoms with van der Waals surface area (Å²) < 4.78 is 9.02. The predicted octanol–water partition coefficient (Wildman–Crippen LogP) is 1.76. The van der Waals surface area contributed by atoms with E-state index in [1.54, 1.807) is 21.4 Å². The van der Waals surface area contributed by atoms with Crippen molar-refractivity contribution in [2.45, 2.75) is 25.4 Å². The van der Waals surface area contributed by atoms with Crippen LogP contribution in [0.15, 0.2) is 39.8 Å². The second-order valence-electron chi connectivity index (χ2n) is 5.15. The molecule has 1 aromatic carbocycles. The van der Waals surface area contributed by atoms with Gasteiger partial charge >= 0.3 is 5.69 Å². The number of nitrogen functional groups attached to an aromatic ring is 1. The molecule has 0 amide bonds. The van der Waals surface area contributed by atoms with Gasteiger partial charge < -0.3 is 10.2 Å². The van der Waals surface area contributed by atoms with Gasteiger partial charge in [-0.3, -0.25) is 9.13 Å². The molecule has 0 radical (unpaired) electrons. The summed E-state index contributed by atoms with van der Waals surface area (Å²) in [5.41, 5.74) is 7.72. The summed E-state index contributed by atoms with van der Waals surface area (Å²) in [6.45, 7) is 0.326. The topological polar surface area (TPSA) is 79.0 Å². The Morgan fingerprint density at radius 1 is 1.35 bits per heavy atom. The van der Waals surface area contributed by atoms with Gasteiger partial charge in [0.2, 0.25) is 5.89 Å². The molecule has 0 spiro atoms. The normalized spacial score (nSPS) is 15.0. The SMILES string of the molecule is Nc1cccc2oc(Cn3ccn(C4CC4)c3=O)nc12. The molecule has 1 saturated carbocycles. The molecule has 0 unspecified atom stereocenters. The van der Waals surface area contributed by atoms with E-state index in [0.717, 1.165) is 12.8 Å².